The summed E-state index contributed by atoms with van der Waals surface area (Å²) in [5.74, 6) is -0.0297. The molecule has 0 bridgehead atoms. The molecule has 1 unspecified atom stereocenters. The van der Waals surface area contributed by atoms with Gasteiger partial charge in [0.05, 0.1) is 16.4 Å². The smallest absolute Gasteiger partial charge is 0.270 e. The zero-order chi connectivity index (χ0) is 21.7. The number of nitrogens with one attached hydrogen (secondary N) is 1. The monoisotopic (exact) mass is 414 g/mol. The Hall–Kier alpha value is -3.54. The van der Waals surface area contributed by atoms with Gasteiger partial charge in [-0.3, -0.25) is 9.59 Å². The summed E-state index contributed by atoms with van der Waals surface area (Å²) < 4.78 is 1.87. The number of benzene rings is 2. The highest BCUT2D eigenvalue weighted by Crippen LogP contribution is 2.26. The second-order valence-electron chi connectivity index (χ2n) is 8.48. The number of carbonyl (C=O) groups excluding carboxylic acids is 1. The summed E-state index contributed by atoms with van der Waals surface area (Å²) in [5, 5.41) is 1.49. The van der Waals surface area contributed by atoms with E-state index in [1.807, 2.05) is 40.8 Å². The minimum absolute atomic E-state index is 0.0297. The highest BCUT2D eigenvalue weighted by Gasteiger charge is 2.29. The lowest BCUT2D eigenvalue weighted by molar-refractivity contribution is 0.0717. The molecule has 5 rings (SSSR count). The first-order valence-electron chi connectivity index (χ1n) is 10.7. The van der Waals surface area contributed by atoms with Gasteiger partial charge in [0.15, 0.2) is 0 Å². The predicted octanol–water partition coefficient (Wildman–Crippen LogP) is 3.68. The van der Waals surface area contributed by atoms with Crippen molar-refractivity contribution in [2.24, 2.45) is 7.05 Å². The quantitative estimate of drug-likeness (QED) is 0.544. The molecule has 0 radical (unpaired) electrons. The number of amides is 1. The van der Waals surface area contributed by atoms with Crippen molar-refractivity contribution in [3.05, 3.63) is 76.2 Å². The number of fused-ring (bicyclic) bond motifs is 3. The number of para-hydroxylation sites is 1. The van der Waals surface area contributed by atoms with E-state index in [1.165, 1.54) is 11.3 Å². The van der Waals surface area contributed by atoms with Gasteiger partial charge in [-0.05, 0) is 43.7 Å². The lowest BCUT2D eigenvalue weighted by Crippen LogP contribution is -2.54. The summed E-state index contributed by atoms with van der Waals surface area (Å²) in [6.07, 6.45) is 0. The van der Waals surface area contributed by atoms with Crippen LogP contribution in [0.4, 0.5) is 5.69 Å². The van der Waals surface area contributed by atoms with Crippen molar-refractivity contribution in [3.8, 4) is 0 Å². The first-order valence-corrected chi connectivity index (χ1v) is 10.7. The average Bonchev–Trinajstić information content (AvgIpc) is 3.11. The first kappa shape index (κ1) is 19.4. The Bertz CT molecular complexity index is 1370. The summed E-state index contributed by atoms with van der Waals surface area (Å²) in [6.45, 7) is 6.33. The maximum Gasteiger partial charge on any atom is 0.270 e. The van der Waals surface area contributed by atoms with Gasteiger partial charge < -0.3 is 19.4 Å². The summed E-state index contributed by atoms with van der Waals surface area (Å²) in [4.78, 5) is 33.3. The van der Waals surface area contributed by atoms with Crippen molar-refractivity contribution in [1.29, 1.82) is 0 Å². The van der Waals surface area contributed by atoms with Gasteiger partial charge in [-0.15, -0.1) is 0 Å². The normalized spacial score (nSPS) is 16.9. The van der Waals surface area contributed by atoms with Gasteiger partial charge in [-0.2, -0.15) is 0 Å². The maximum absolute atomic E-state index is 13.5. The van der Waals surface area contributed by atoms with E-state index in [9.17, 15) is 9.59 Å². The van der Waals surface area contributed by atoms with Crippen LogP contribution >= 0.6 is 0 Å². The molecule has 1 saturated heterocycles. The molecule has 1 fully saturated rings. The van der Waals surface area contributed by atoms with Crippen molar-refractivity contribution < 1.29 is 4.79 Å². The molecule has 6 heteroatoms. The van der Waals surface area contributed by atoms with Crippen LogP contribution in [0.1, 0.15) is 23.0 Å². The second-order valence-corrected chi connectivity index (χ2v) is 8.48. The number of hydrogen-bond donors (Lipinski definition) is 1. The fourth-order valence-corrected chi connectivity index (χ4v) is 4.79. The molecule has 2 aromatic carbocycles. The lowest BCUT2D eigenvalue weighted by Gasteiger charge is -2.41. The fourth-order valence-electron chi connectivity index (χ4n) is 4.79. The first-order chi connectivity index (χ1) is 14.9. The highest BCUT2D eigenvalue weighted by atomic mass is 16.2. The third kappa shape index (κ3) is 3.19. The van der Waals surface area contributed by atoms with Gasteiger partial charge in [0.25, 0.3) is 11.5 Å². The third-order valence-corrected chi connectivity index (χ3v) is 6.38. The predicted molar refractivity (Wildman–Crippen MR) is 125 cm³/mol. The maximum atomic E-state index is 13.5. The summed E-state index contributed by atoms with van der Waals surface area (Å²) in [5.41, 5.74) is 4.39. The molecular weight excluding hydrogens is 388 g/mol. The van der Waals surface area contributed by atoms with Gasteiger partial charge in [-0.1, -0.05) is 30.3 Å². The van der Waals surface area contributed by atoms with E-state index in [4.69, 9.17) is 0 Å². The summed E-state index contributed by atoms with van der Waals surface area (Å²) >= 11 is 0. The van der Waals surface area contributed by atoms with E-state index in [1.54, 1.807) is 6.07 Å². The van der Waals surface area contributed by atoms with Crippen molar-refractivity contribution in [3.63, 3.8) is 0 Å². The summed E-state index contributed by atoms with van der Waals surface area (Å²) in [6, 6.07) is 18.1. The van der Waals surface area contributed by atoms with Crippen molar-refractivity contribution in [2.45, 2.75) is 19.9 Å². The van der Waals surface area contributed by atoms with Crippen LogP contribution < -0.4 is 10.5 Å². The molecule has 1 atom stereocenters. The molecule has 1 aliphatic heterocycles. The Morgan fingerprint density at radius 2 is 1.84 bits per heavy atom. The number of aromatic nitrogens is 2. The molecular formula is C25H26N4O2. The van der Waals surface area contributed by atoms with Gasteiger partial charge >= 0.3 is 0 Å². The van der Waals surface area contributed by atoms with E-state index in [0.717, 1.165) is 23.0 Å². The molecule has 1 amide bonds. The molecule has 158 valence electrons. The number of piperazine rings is 1. The Kier molecular flexibility index (Phi) is 4.58. The Morgan fingerprint density at radius 3 is 2.61 bits per heavy atom. The Balaban J connectivity index is 1.47. The second kappa shape index (κ2) is 7.30. The SMILES string of the molecule is Cc1cccc(N2CCN(C(=O)c3cc4c(=O)[nH]c5ccccc5c4n3C)CC2C)c1. The lowest BCUT2D eigenvalue weighted by atomic mass is 10.1. The number of aryl methyl sites for hydroxylation is 2. The van der Waals surface area contributed by atoms with Crippen LogP contribution in [0.5, 0.6) is 0 Å². The molecule has 1 N–H and O–H groups in total. The van der Waals surface area contributed by atoms with Gasteiger partial charge in [-0.25, -0.2) is 0 Å². The minimum Gasteiger partial charge on any atom is -0.365 e. The number of aromatic amines is 1. The zero-order valence-electron chi connectivity index (χ0n) is 18.1. The molecule has 6 nitrogen and oxygen atoms in total. The number of carbonyl (C=O) groups is 1. The standard InChI is InChI=1S/C25H26N4O2/c1-16-7-6-8-18(13-16)29-12-11-28(15-17(29)2)25(31)22-14-20-23(27(22)3)19-9-4-5-10-21(19)26-24(20)30/h4-10,13-14,17H,11-12,15H2,1-3H3,(H,26,30). The van der Waals surface area contributed by atoms with Gasteiger partial charge in [0.2, 0.25) is 0 Å². The van der Waals surface area contributed by atoms with Crippen LogP contribution in [0.25, 0.3) is 21.8 Å². The minimum atomic E-state index is -0.166. The van der Waals surface area contributed by atoms with Crippen LogP contribution in [-0.2, 0) is 7.05 Å². The molecule has 1 aliphatic rings. The fraction of sp³-hybridized carbons (Fsp3) is 0.280. The number of hydrogen-bond acceptors (Lipinski definition) is 3. The average molecular weight is 415 g/mol. The number of H-pyrrole nitrogens is 1. The number of anilines is 1. The Morgan fingerprint density at radius 1 is 1.03 bits per heavy atom. The number of rotatable bonds is 2. The molecule has 0 aliphatic carbocycles. The van der Waals surface area contributed by atoms with Crippen LogP contribution in [0, 0.1) is 6.92 Å². The van der Waals surface area contributed by atoms with Crippen LogP contribution in [0.2, 0.25) is 0 Å². The highest BCUT2D eigenvalue weighted by molar-refractivity contribution is 6.07. The van der Waals surface area contributed by atoms with Crippen molar-refractivity contribution in [2.75, 3.05) is 24.5 Å². The van der Waals surface area contributed by atoms with Crippen molar-refractivity contribution >= 4 is 33.4 Å². The van der Waals surface area contributed by atoms with E-state index in [-0.39, 0.29) is 17.5 Å². The van der Waals surface area contributed by atoms with E-state index < -0.39 is 0 Å². The molecule has 4 aromatic rings. The largest absolute Gasteiger partial charge is 0.365 e. The van der Waals surface area contributed by atoms with Crippen molar-refractivity contribution in [1.82, 2.24) is 14.5 Å². The van der Waals surface area contributed by atoms with Crippen LogP contribution in [-0.4, -0.2) is 46.0 Å². The van der Waals surface area contributed by atoms with E-state index >= 15 is 0 Å². The van der Waals surface area contributed by atoms with E-state index in [0.29, 0.717) is 24.2 Å². The van der Waals surface area contributed by atoms with Crippen LogP contribution in [0.3, 0.4) is 0 Å². The van der Waals surface area contributed by atoms with Gasteiger partial charge in [0, 0.05) is 43.8 Å². The molecule has 0 saturated carbocycles. The molecule has 3 heterocycles. The topological polar surface area (TPSA) is 61.3 Å². The molecule has 31 heavy (non-hydrogen) atoms. The van der Waals surface area contributed by atoms with E-state index in [2.05, 4.69) is 48.0 Å². The molecule has 2 aromatic heterocycles. The van der Waals surface area contributed by atoms with Crippen LogP contribution in [0.15, 0.2) is 59.4 Å². The summed E-state index contributed by atoms with van der Waals surface area (Å²) in [7, 11) is 1.87. The number of nitrogens with zero attached hydrogens (tertiary/aromatic N) is 3. The Labute approximate surface area is 180 Å². The third-order valence-electron chi connectivity index (χ3n) is 6.38. The zero-order valence-corrected chi connectivity index (χ0v) is 18.1. The number of pyridine rings is 1. The molecule has 0 spiro atoms. The van der Waals surface area contributed by atoms with Gasteiger partial charge in [0.1, 0.15) is 5.69 Å².